The molecule has 0 fully saturated rings. The number of halogens is 1. The van der Waals surface area contributed by atoms with E-state index in [2.05, 4.69) is 4.72 Å². The van der Waals surface area contributed by atoms with Gasteiger partial charge in [-0.2, -0.15) is 0 Å². The van der Waals surface area contributed by atoms with E-state index in [1.54, 1.807) is 37.3 Å². The Bertz CT molecular complexity index is 473. The van der Waals surface area contributed by atoms with Crippen molar-refractivity contribution in [2.24, 2.45) is 0 Å². The minimum absolute atomic E-state index is 0.165. The van der Waals surface area contributed by atoms with Crippen molar-refractivity contribution in [2.45, 2.75) is 13.0 Å². The minimum Gasteiger partial charge on any atom is -0.293 e. The van der Waals surface area contributed by atoms with E-state index >= 15 is 0 Å². The number of Topliss-reactive ketones (excluding diaryl/α,β-unsaturated/α-hetero) is 1. The van der Waals surface area contributed by atoms with Crippen molar-refractivity contribution in [1.82, 2.24) is 4.72 Å². The quantitative estimate of drug-likeness (QED) is 0.631. The van der Waals surface area contributed by atoms with Crippen molar-refractivity contribution in [3.63, 3.8) is 0 Å². The predicted molar refractivity (Wildman–Crippen MR) is 67.9 cm³/mol. The molecule has 0 spiro atoms. The molecule has 1 unspecified atom stereocenters. The summed E-state index contributed by atoms with van der Waals surface area (Å²) in [6.45, 7) is 1.64. The molecule has 1 aromatic carbocycles. The maximum Gasteiger partial charge on any atom is 0.219 e. The summed E-state index contributed by atoms with van der Waals surface area (Å²) >= 11 is 5.50. The first kappa shape index (κ1) is 14.2. The van der Waals surface area contributed by atoms with Gasteiger partial charge in [-0.3, -0.25) is 4.79 Å². The lowest BCUT2D eigenvalue weighted by Gasteiger charge is -2.10. The normalized spacial score (nSPS) is 13.3. The Labute approximate surface area is 106 Å². The van der Waals surface area contributed by atoms with Crippen LogP contribution >= 0.6 is 11.6 Å². The van der Waals surface area contributed by atoms with Gasteiger partial charge in [0.2, 0.25) is 10.0 Å². The Hall–Kier alpha value is -0.910. The zero-order valence-electron chi connectivity index (χ0n) is 9.39. The second-order valence-electron chi connectivity index (χ2n) is 3.72. The van der Waals surface area contributed by atoms with Crippen molar-refractivity contribution in [1.29, 1.82) is 0 Å². The van der Waals surface area contributed by atoms with E-state index in [0.717, 1.165) is 0 Å². The number of rotatable bonds is 6. The van der Waals surface area contributed by atoms with Gasteiger partial charge in [0.25, 0.3) is 0 Å². The number of ketones is 1. The summed E-state index contributed by atoms with van der Waals surface area (Å²) in [7, 11) is -3.62. The highest BCUT2D eigenvalue weighted by molar-refractivity contribution is 7.90. The first-order valence-electron chi connectivity index (χ1n) is 5.09. The molecular formula is C11H14ClNO3S. The Morgan fingerprint density at radius 1 is 1.35 bits per heavy atom. The fourth-order valence-corrected chi connectivity index (χ4v) is 2.72. The summed E-state index contributed by atoms with van der Waals surface area (Å²) in [5, 5.41) is 0. The molecule has 1 N–H and O–H groups in total. The van der Waals surface area contributed by atoms with Crippen LogP contribution in [0.25, 0.3) is 0 Å². The van der Waals surface area contributed by atoms with E-state index in [0.29, 0.717) is 5.56 Å². The van der Waals surface area contributed by atoms with Crippen molar-refractivity contribution in [3.8, 4) is 0 Å². The van der Waals surface area contributed by atoms with Gasteiger partial charge in [-0.1, -0.05) is 30.3 Å². The molecule has 6 heteroatoms. The Kier molecular flexibility index (Phi) is 5.11. The summed E-state index contributed by atoms with van der Waals surface area (Å²) in [4.78, 5) is 11.7. The molecule has 0 saturated carbocycles. The van der Waals surface area contributed by atoms with Crippen LogP contribution in [0.3, 0.4) is 0 Å². The number of nitrogens with one attached hydrogen (secondary N) is 1. The van der Waals surface area contributed by atoms with E-state index in [4.69, 9.17) is 11.6 Å². The number of carbonyl (C=O) groups excluding carboxylic acids is 1. The van der Waals surface area contributed by atoms with Gasteiger partial charge in [0.05, 0.1) is 0 Å². The van der Waals surface area contributed by atoms with E-state index in [1.807, 2.05) is 0 Å². The van der Waals surface area contributed by atoms with Gasteiger partial charge in [0, 0.05) is 17.5 Å². The Morgan fingerprint density at radius 3 is 2.47 bits per heavy atom. The molecule has 0 aromatic heterocycles. The average Bonchev–Trinajstić information content (AvgIpc) is 2.28. The van der Waals surface area contributed by atoms with Gasteiger partial charge in [0.15, 0.2) is 5.78 Å². The largest absolute Gasteiger partial charge is 0.293 e. The van der Waals surface area contributed by atoms with Crippen molar-refractivity contribution < 1.29 is 13.2 Å². The molecule has 0 saturated heterocycles. The molecule has 17 heavy (non-hydrogen) atoms. The standard InChI is InChI=1S/C11H14ClNO3S/c1-9(7-12)13-17(15,16)8-11(14)10-5-3-2-4-6-10/h2-6,9,13H,7-8H2,1H3. The van der Waals surface area contributed by atoms with Crippen LogP contribution in [-0.2, 0) is 10.0 Å². The van der Waals surface area contributed by atoms with Crippen molar-refractivity contribution in [2.75, 3.05) is 11.6 Å². The third-order valence-corrected chi connectivity index (χ3v) is 3.90. The Morgan fingerprint density at radius 2 is 1.94 bits per heavy atom. The zero-order valence-corrected chi connectivity index (χ0v) is 11.0. The number of hydrogen-bond donors (Lipinski definition) is 1. The van der Waals surface area contributed by atoms with Crippen LogP contribution in [0.4, 0.5) is 0 Å². The molecule has 0 aliphatic heterocycles. The molecule has 0 bridgehead atoms. The highest BCUT2D eigenvalue weighted by Crippen LogP contribution is 2.02. The van der Waals surface area contributed by atoms with Crippen LogP contribution in [0.1, 0.15) is 17.3 Å². The zero-order chi connectivity index (χ0) is 12.9. The van der Waals surface area contributed by atoms with Gasteiger partial charge >= 0.3 is 0 Å². The topological polar surface area (TPSA) is 63.2 Å². The molecule has 0 amide bonds. The van der Waals surface area contributed by atoms with Gasteiger partial charge in [0.1, 0.15) is 5.75 Å². The number of sulfonamides is 1. The molecule has 0 aliphatic rings. The van der Waals surface area contributed by atoms with Crippen LogP contribution in [0.15, 0.2) is 30.3 Å². The summed E-state index contributed by atoms with van der Waals surface area (Å²) in [5.41, 5.74) is 0.386. The summed E-state index contributed by atoms with van der Waals surface area (Å²) in [6, 6.07) is 7.93. The van der Waals surface area contributed by atoms with Crippen molar-refractivity contribution >= 4 is 27.4 Å². The van der Waals surface area contributed by atoms with Crippen LogP contribution in [0.5, 0.6) is 0 Å². The number of carbonyl (C=O) groups is 1. The van der Waals surface area contributed by atoms with Crippen LogP contribution in [0.2, 0.25) is 0 Å². The number of benzene rings is 1. The highest BCUT2D eigenvalue weighted by atomic mass is 35.5. The SMILES string of the molecule is CC(CCl)NS(=O)(=O)CC(=O)c1ccccc1. The second-order valence-corrected chi connectivity index (χ2v) is 5.78. The molecule has 1 aromatic rings. The van der Waals surface area contributed by atoms with Gasteiger partial charge in [-0.15, -0.1) is 11.6 Å². The number of alkyl halides is 1. The molecule has 1 atom stereocenters. The average molecular weight is 276 g/mol. The molecule has 94 valence electrons. The fourth-order valence-electron chi connectivity index (χ4n) is 1.26. The summed E-state index contributed by atoms with van der Waals surface area (Å²) < 4.78 is 25.5. The van der Waals surface area contributed by atoms with E-state index in [1.165, 1.54) is 0 Å². The third-order valence-electron chi connectivity index (χ3n) is 2.03. The Balaban J connectivity index is 2.69. The van der Waals surface area contributed by atoms with Crippen LogP contribution in [-0.4, -0.2) is 31.9 Å². The van der Waals surface area contributed by atoms with Gasteiger partial charge < -0.3 is 0 Å². The fraction of sp³-hybridized carbons (Fsp3) is 0.364. The lowest BCUT2D eigenvalue weighted by molar-refractivity contribution is 0.102. The summed E-state index contributed by atoms with van der Waals surface area (Å²) in [5.74, 6) is -0.823. The first-order chi connectivity index (χ1) is 7.94. The molecule has 0 heterocycles. The monoisotopic (exact) mass is 275 g/mol. The highest BCUT2D eigenvalue weighted by Gasteiger charge is 2.19. The molecule has 1 rings (SSSR count). The van der Waals surface area contributed by atoms with E-state index < -0.39 is 21.6 Å². The molecule has 0 radical (unpaired) electrons. The van der Waals surface area contributed by atoms with E-state index in [9.17, 15) is 13.2 Å². The maximum absolute atomic E-state index is 11.7. The van der Waals surface area contributed by atoms with Gasteiger partial charge in [-0.05, 0) is 6.92 Å². The maximum atomic E-state index is 11.7. The van der Waals surface area contributed by atoms with E-state index in [-0.39, 0.29) is 11.9 Å². The molecular weight excluding hydrogens is 262 g/mol. The molecule has 0 aliphatic carbocycles. The molecule has 4 nitrogen and oxygen atoms in total. The number of hydrogen-bond acceptors (Lipinski definition) is 3. The lowest BCUT2D eigenvalue weighted by atomic mass is 10.2. The third kappa shape index (κ3) is 4.85. The second kappa shape index (κ2) is 6.14. The lowest BCUT2D eigenvalue weighted by Crippen LogP contribution is -2.37. The van der Waals surface area contributed by atoms with Crippen molar-refractivity contribution in [3.05, 3.63) is 35.9 Å². The minimum atomic E-state index is -3.62. The smallest absolute Gasteiger partial charge is 0.219 e. The predicted octanol–water partition coefficient (Wildman–Crippen LogP) is 1.42. The van der Waals surface area contributed by atoms with Gasteiger partial charge in [-0.25, -0.2) is 13.1 Å². The first-order valence-corrected chi connectivity index (χ1v) is 7.27. The van der Waals surface area contributed by atoms with Crippen LogP contribution < -0.4 is 4.72 Å². The summed E-state index contributed by atoms with van der Waals surface area (Å²) in [6.07, 6.45) is 0. The van der Waals surface area contributed by atoms with Crippen LogP contribution in [0, 0.1) is 0 Å².